The third-order valence-electron chi connectivity index (χ3n) is 5.70. The van der Waals surface area contributed by atoms with Gasteiger partial charge in [0.1, 0.15) is 11.7 Å². The highest BCUT2D eigenvalue weighted by Crippen LogP contribution is 2.29. The number of aryl methyl sites for hydroxylation is 1. The Morgan fingerprint density at radius 2 is 2.03 bits per heavy atom. The van der Waals surface area contributed by atoms with Crippen LogP contribution in [0.2, 0.25) is 0 Å². The normalized spacial score (nSPS) is 19.6. The first-order valence-corrected chi connectivity index (χ1v) is 10.2. The van der Waals surface area contributed by atoms with Crippen LogP contribution in [0.4, 0.5) is 0 Å². The second-order valence-corrected chi connectivity index (χ2v) is 7.79. The Bertz CT molecular complexity index is 971. The van der Waals surface area contributed by atoms with Crippen molar-refractivity contribution in [1.29, 1.82) is 0 Å². The maximum Gasteiger partial charge on any atom is 0.269 e. The summed E-state index contributed by atoms with van der Waals surface area (Å²) in [6.45, 7) is 4.04. The first-order chi connectivity index (χ1) is 14.5. The molecular formula is C21H26N6O3. The Morgan fingerprint density at radius 1 is 1.23 bits per heavy atom. The highest BCUT2D eigenvalue weighted by atomic mass is 16.2. The molecule has 2 aromatic rings. The molecule has 4 rings (SSSR count). The summed E-state index contributed by atoms with van der Waals surface area (Å²) in [6.07, 6.45) is 2.47. The topological polar surface area (TPSA) is 99.6 Å². The molecule has 3 heterocycles. The molecule has 9 nitrogen and oxygen atoms in total. The molecule has 2 aliphatic heterocycles. The largest absolute Gasteiger partial charge is 0.350 e. The molecule has 0 bridgehead atoms. The lowest BCUT2D eigenvalue weighted by atomic mass is 9.99. The number of hydrazine groups is 1. The van der Waals surface area contributed by atoms with Crippen LogP contribution in [0.3, 0.4) is 0 Å². The van der Waals surface area contributed by atoms with Crippen molar-refractivity contribution in [3.05, 3.63) is 53.3 Å². The molecule has 1 aromatic carbocycles. The first-order valence-electron chi connectivity index (χ1n) is 10.2. The third-order valence-corrected chi connectivity index (χ3v) is 5.70. The van der Waals surface area contributed by atoms with Crippen molar-refractivity contribution in [2.24, 2.45) is 13.0 Å². The molecule has 0 spiro atoms. The van der Waals surface area contributed by atoms with Gasteiger partial charge in [-0.25, -0.2) is 5.01 Å². The Labute approximate surface area is 175 Å². The zero-order valence-corrected chi connectivity index (χ0v) is 17.2. The number of hydrogen-bond donors (Lipinski definition) is 2. The minimum Gasteiger partial charge on any atom is -0.350 e. The molecule has 0 unspecified atom stereocenters. The summed E-state index contributed by atoms with van der Waals surface area (Å²) in [6, 6.07) is 8.62. The smallest absolute Gasteiger partial charge is 0.269 e. The van der Waals surface area contributed by atoms with Crippen molar-refractivity contribution in [3.63, 3.8) is 0 Å². The molecular weight excluding hydrogens is 384 g/mol. The highest BCUT2D eigenvalue weighted by Gasteiger charge is 2.38. The van der Waals surface area contributed by atoms with Crippen LogP contribution >= 0.6 is 0 Å². The SMILES string of the molecule is C[C@H](CNC(=O)c1ccnn1C)C(=O)N[C@@H]1C(=O)N2CCCN2Cc2ccccc21. The van der Waals surface area contributed by atoms with Gasteiger partial charge in [0, 0.05) is 39.4 Å². The number of carbonyl (C=O) groups is 3. The summed E-state index contributed by atoms with van der Waals surface area (Å²) in [5.41, 5.74) is 2.29. The van der Waals surface area contributed by atoms with E-state index in [1.54, 1.807) is 31.2 Å². The lowest BCUT2D eigenvalue weighted by molar-refractivity contribution is -0.148. The van der Waals surface area contributed by atoms with Crippen molar-refractivity contribution >= 4 is 17.7 Å². The molecule has 9 heteroatoms. The molecule has 0 radical (unpaired) electrons. The number of benzene rings is 1. The van der Waals surface area contributed by atoms with Crippen LogP contribution in [0, 0.1) is 5.92 Å². The number of nitrogens with zero attached hydrogens (tertiary/aromatic N) is 4. The van der Waals surface area contributed by atoms with E-state index >= 15 is 0 Å². The Morgan fingerprint density at radius 3 is 2.80 bits per heavy atom. The van der Waals surface area contributed by atoms with Crippen LogP contribution in [0.5, 0.6) is 0 Å². The number of rotatable bonds is 5. The van der Waals surface area contributed by atoms with Crippen molar-refractivity contribution in [1.82, 2.24) is 30.4 Å². The fourth-order valence-corrected chi connectivity index (χ4v) is 3.97. The van der Waals surface area contributed by atoms with Gasteiger partial charge in [0.15, 0.2) is 0 Å². The van der Waals surface area contributed by atoms with E-state index in [0.717, 1.165) is 24.1 Å². The van der Waals surface area contributed by atoms with Crippen LogP contribution in [0.1, 0.15) is 41.0 Å². The van der Waals surface area contributed by atoms with Crippen molar-refractivity contribution in [2.45, 2.75) is 25.9 Å². The number of aromatic nitrogens is 2. The van der Waals surface area contributed by atoms with Crippen LogP contribution in [-0.4, -0.2) is 57.2 Å². The first kappa shape index (κ1) is 20.1. The Hall–Kier alpha value is -3.20. The zero-order chi connectivity index (χ0) is 21.3. The summed E-state index contributed by atoms with van der Waals surface area (Å²) in [7, 11) is 1.68. The van der Waals surface area contributed by atoms with Gasteiger partial charge in [-0.3, -0.25) is 24.1 Å². The van der Waals surface area contributed by atoms with E-state index < -0.39 is 12.0 Å². The molecule has 1 saturated heterocycles. The van der Waals surface area contributed by atoms with Crippen LogP contribution in [-0.2, 0) is 23.2 Å². The van der Waals surface area contributed by atoms with Crippen molar-refractivity contribution in [3.8, 4) is 0 Å². The molecule has 2 N–H and O–H groups in total. The van der Waals surface area contributed by atoms with E-state index in [-0.39, 0.29) is 24.3 Å². The van der Waals surface area contributed by atoms with Gasteiger partial charge in [-0.15, -0.1) is 0 Å². The van der Waals surface area contributed by atoms with Crippen LogP contribution in [0.15, 0.2) is 36.5 Å². The average molecular weight is 410 g/mol. The highest BCUT2D eigenvalue weighted by molar-refractivity contribution is 5.93. The number of hydrogen-bond acceptors (Lipinski definition) is 5. The van der Waals surface area contributed by atoms with E-state index in [4.69, 9.17) is 0 Å². The molecule has 158 valence electrons. The van der Waals surface area contributed by atoms with Gasteiger partial charge in [-0.2, -0.15) is 5.10 Å². The van der Waals surface area contributed by atoms with Gasteiger partial charge in [0.05, 0.1) is 5.92 Å². The average Bonchev–Trinajstić information content (AvgIpc) is 3.36. The molecule has 0 saturated carbocycles. The van der Waals surface area contributed by atoms with Gasteiger partial charge >= 0.3 is 0 Å². The van der Waals surface area contributed by atoms with Gasteiger partial charge in [-0.05, 0) is 23.6 Å². The summed E-state index contributed by atoms with van der Waals surface area (Å²) >= 11 is 0. The number of nitrogens with one attached hydrogen (secondary N) is 2. The maximum atomic E-state index is 13.2. The lowest BCUT2D eigenvalue weighted by Gasteiger charge is -2.28. The minimum absolute atomic E-state index is 0.114. The summed E-state index contributed by atoms with van der Waals surface area (Å²) in [4.78, 5) is 38.3. The van der Waals surface area contributed by atoms with Gasteiger partial charge in [-0.1, -0.05) is 31.2 Å². The van der Waals surface area contributed by atoms with Crippen LogP contribution < -0.4 is 10.6 Å². The predicted octanol–water partition coefficient (Wildman–Crippen LogP) is 0.606. The van der Waals surface area contributed by atoms with E-state index in [9.17, 15) is 14.4 Å². The molecule has 0 aliphatic carbocycles. The molecule has 30 heavy (non-hydrogen) atoms. The lowest BCUT2D eigenvalue weighted by Crippen LogP contribution is -2.47. The molecule has 2 aliphatic rings. The fraction of sp³-hybridized carbons (Fsp3) is 0.429. The third kappa shape index (κ3) is 3.80. The second-order valence-electron chi connectivity index (χ2n) is 7.79. The molecule has 1 aromatic heterocycles. The summed E-state index contributed by atoms with van der Waals surface area (Å²) in [5, 5.41) is 13.4. The number of fused-ring (bicyclic) bond motifs is 2. The van der Waals surface area contributed by atoms with E-state index in [2.05, 4.69) is 15.7 Å². The standard InChI is InChI=1S/C21H26N6O3/c1-14(12-22-20(29)17-8-9-23-25(17)2)19(28)24-18-16-7-4-3-6-15(16)13-26-10-5-11-27(26)21(18)30/h3-4,6-9,14,18H,5,10-13H2,1-2H3,(H,22,29)(H,24,28)/t14-,18+/m1/s1. The zero-order valence-electron chi connectivity index (χ0n) is 17.2. The quantitative estimate of drug-likeness (QED) is 0.752. The van der Waals surface area contributed by atoms with Crippen molar-refractivity contribution < 1.29 is 14.4 Å². The van der Waals surface area contributed by atoms with Crippen molar-refractivity contribution in [2.75, 3.05) is 19.6 Å². The van der Waals surface area contributed by atoms with E-state index in [1.165, 1.54) is 4.68 Å². The van der Waals surface area contributed by atoms with E-state index in [1.807, 2.05) is 29.3 Å². The predicted molar refractivity (Wildman–Crippen MR) is 109 cm³/mol. The fourth-order valence-electron chi connectivity index (χ4n) is 3.97. The molecule has 1 fully saturated rings. The second kappa shape index (κ2) is 8.27. The Balaban J connectivity index is 1.45. The van der Waals surface area contributed by atoms with E-state index in [0.29, 0.717) is 18.8 Å². The summed E-state index contributed by atoms with van der Waals surface area (Å²) < 4.78 is 1.48. The molecule has 3 amide bonds. The minimum atomic E-state index is -0.730. The van der Waals surface area contributed by atoms with Crippen LogP contribution in [0.25, 0.3) is 0 Å². The Kier molecular flexibility index (Phi) is 5.54. The number of amides is 3. The maximum absolute atomic E-state index is 13.2. The van der Waals surface area contributed by atoms with Gasteiger partial charge < -0.3 is 10.6 Å². The summed E-state index contributed by atoms with van der Waals surface area (Å²) in [5.74, 6) is -1.18. The monoisotopic (exact) mass is 410 g/mol. The van der Waals surface area contributed by atoms with Gasteiger partial charge in [0.2, 0.25) is 5.91 Å². The van der Waals surface area contributed by atoms with Gasteiger partial charge in [0.25, 0.3) is 11.8 Å². The molecule has 2 atom stereocenters. The number of carbonyl (C=O) groups excluding carboxylic acids is 3.